The summed E-state index contributed by atoms with van der Waals surface area (Å²) in [7, 11) is 0. The van der Waals surface area contributed by atoms with E-state index in [0.717, 1.165) is 28.3 Å². The Morgan fingerprint density at radius 1 is 1.04 bits per heavy atom. The van der Waals surface area contributed by atoms with Gasteiger partial charge in [0.25, 0.3) is 0 Å². The first-order valence-electron chi connectivity index (χ1n) is 9.31. The number of nitrogen functional groups attached to an aromatic ring is 1. The molecule has 0 aliphatic carbocycles. The summed E-state index contributed by atoms with van der Waals surface area (Å²) in [6.07, 6.45) is 1.01. The van der Waals surface area contributed by atoms with Gasteiger partial charge in [0.05, 0.1) is 17.2 Å². The van der Waals surface area contributed by atoms with Crippen LogP contribution >= 0.6 is 11.3 Å². The highest BCUT2D eigenvalue weighted by Crippen LogP contribution is 2.41. The molecule has 1 heterocycles. The van der Waals surface area contributed by atoms with Gasteiger partial charge < -0.3 is 10.5 Å². The Morgan fingerprint density at radius 3 is 2.37 bits per heavy atom. The lowest BCUT2D eigenvalue weighted by Crippen LogP contribution is -2.11. The van der Waals surface area contributed by atoms with E-state index in [1.807, 2.05) is 12.1 Å². The van der Waals surface area contributed by atoms with Crippen LogP contribution in [0.5, 0.6) is 5.75 Å². The predicted molar refractivity (Wildman–Crippen MR) is 116 cm³/mol. The molecule has 0 aliphatic heterocycles. The average Bonchev–Trinajstić information content (AvgIpc) is 2.95. The summed E-state index contributed by atoms with van der Waals surface area (Å²) in [6, 6.07) is 14.5. The van der Waals surface area contributed by atoms with E-state index in [9.17, 15) is 0 Å². The molecule has 0 fully saturated rings. The third kappa shape index (κ3) is 4.69. The van der Waals surface area contributed by atoms with Crippen LogP contribution in [-0.2, 0) is 0 Å². The molecule has 0 bridgehead atoms. The van der Waals surface area contributed by atoms with Gasteiger partial charge in [-0.2, -0.15) is 0 Å². The molecule has 0 spiro atoms. The summed E-state index contributed by atoms with van der Waals surface area (Å²) >= 11 is 1.53. The SMILES string of the molecule is Cc1cccc(C)c1-c1nc(N)sc1-c1cccc(OCCC(C)(C)C)c1. The fourth-order valence-electron chi connectivity index (χ4n) is 3.09. The summed E-state index contributed by atoms with van der Waals surface area (Å²) in [5, 5.41) is 0.585. The first-order valence-corrected chi connectivity index (χ1v) is 10.1. The summed E-state index contributed by atoms with van der Waals surface area (Å²) in [4.78, 5) is 5.75. The second-order valence-electron chi connectivity index (χ2n) is 8.18. The molecule has 0 radical (unpaired) electrons. The van der Waals surface area contributed by atoms with Crippen molar-refractivity contribution in [2.24, 2.45) is 5.41 Å². The number of aryl methyl sites for hydroxylation is 2. The summed E-state index contributed by atoms with van der Waals surface area (Å²) in [6.45, 7) is 11.6. The predicted octanol–water partition coefficient (Wildman–Crippen LogP) is 6.49. The quantitative estimate of drug-likeness (QED) is 0.550. The number of rotatable bonds is 5. The lowest BCUT2D eigenvalue weighted by atomic mass is 9.93. The molecule has 0 saturated carbocycles. The van der Waals surface area contributed by atoms with Crippen molar-refractivity contribution in [1.82, 2.24) is 4.98 Å². The fourth-order valence-corrected chi connectivity index (χ4v) is 3.93. The molecule has 1 aromatic heterocycles. The maximum Gasteiger partial charge on any atom is 0.181 e. The van der Waals surface area contributed by atoms with Gasteiger partial charge in [-0.3, -0.25) is 0 Å². The van der Waals surface area contributed by atoms with Gasteiger partial charge in [0.2, 0.25) is 0 Å². The number of benzene rings is 2. The first kappa shape index (κ1) is 19.4. The number of ether oxygens (including phenoxy) is 1. The molecule has 4 heteroatoms. The van der Waals surface area contributed by atoms with Crippen LogP contribution in [0.1, 0.15) is 38.3 Å². The van der Waals surface area contributed by atoms with Crippen molar-refractivity contribution < 1.29 is 4.74 Å². The molecule has 3 aromatic rings. The fraction of sp³-hybridized carbons (Fsp3) is 0.348. The van der Waals surface area contributed by atoms with Gasteiger partial charge >= 0.3 is 0 Å². The van der Waals surface area contributed by atoms with Crippen molar-refractivity contribution in [3.8, 4) is 27.4 Å². The van der Waals surface area contributed by atoms with Crippen LogP contribution < -0.4 is 10.5 Å². The normalized spacial score (nSPS) is 11.6. The molecule has 2 N–H and O–H groups in total. The van der Waals surface area contributed by atoms with Crippen molar-refractivity contribution in [2.45, 2.75) is 41.0 Å². The van der Waals surface area contributed by atoms with Crippen LogP contribution in [0.25, 0.3) is 21.7 Å². The number of thiazole rings is 1. The minimum absolute atomic E-state index is 0.263. The van der Waals surface area contributed by atoms with Crippen LogP contribution in [-0.4, -0.2) is 11.6 Å². The zero-order chi connectivity index (χ0) is 19.6. The Hall–Kier alpha value is -2.33. The van der Waals surface area contributed by atoms with E-state index in [2.05, 4.69) is 69.9 Å². The highest BCUT2D eigenvalue weighted by Gasteiger charge is 2.18. The number of aromatic nitrogens is 1. The standard InChI is InChI=1S/C23H28N2OS/c1-15-8-6-9-16(2)19(15)20-21(27-22(24)25-20)17-10-7-11-18(14-17)26-13-12-23(3,4)5/h6-11,14H,12-13H2,1-5H3,(H2,24,25). The van der Waals surface area contributed by atoms with E-state index in [4.69, 9.17) is 10.5 Å². The second-order valence-corrected chi connectivity index (χ2v) is 9.21. The van der Waals surface area contributed by atoms with E-state index in [1.165, 1.54) is 28.0 Å². The van der Waals surface area contributed by atoms with Gasteiger partial charge in [-0.15, -0.1) is 0 Å². The Labute approximate surface area is 166 Å². The molecular weight excluding hydrogens is 352 g/mol. The molecule has 0 unspecified atom stereocenters. The number of anilines is 1. The smallest absolute Gasteiger partial charge is 0.181 e. The summed E-state index contributed by atoms with van der Waals surface area (Å²) in [5.74, 6) is 0.885. The van der Waals surface area contributed by atoms with Crippen molar-refractivity contribution >= 4 is 16.5 Å². The Bertz CT molecular complexity index is 918. The summed E-state index contributed by atoms with van der Waals surface area (Å²) < 4.78 is 6.00. The van der Waals surface area contributed by atoms with Crippen LogP contribution in [0.3, 0.4) is 0 Å². The zero-order valence-electron chi connectivity index (χ0n) is 16.8. The summed E-state index contributed by atoms with van der Waals surface area (Å²) in [5.41, 5.74) is 12.0. The van der Waals surface area contributed by atoms with Crippen LogP contribution in [0, 0.1) is 19.3 Å². The zero-order valence-corrected chi connectivity index (χ0v) is 17.6. The maximum atomic E-state index is 6.10. The molecule has 3 rings (SSSR count). The van der Waals surface area contributed by atoms with E-state index < -0.39 is 0 Å². The Kier molecular flexibility index (Phi) is 5.56. The van der Waals surface area contributed by atoms with Gasteiger partial charge in [0.15, 0.2) is 5.13 Å². The number of nitrogens with two attached hydrogens (primary N) is 1. The third-order valence-corrected chi connectivity index (χ3v) is 5.51. The minimum Gasteiger partial charge on any atom is -0.494 e. The van der Waals surface area contributed by atoms with E-state index in [1.54, 1.807) is 0 Å². The highest BCUT2D eigenvalue weighted by atomic mass is 32.1. The third-order valence-electron chi connectivity index (χ3n) is 4.58. The molecule has 0 aliphatic rings. The monoisotopic (exact) mass is 380 g/mol. The molecule has 3 nitrogen and oxygen atoms in total. The molecule has 0 amide bonds. The van der Waals surface area contributed by atoms with Gasteiger partial charge in [-0.1, -0.05) is 62.4 Å². The van der Waals surface area contributed by atoms with Gasteiger partial charge in [0.1, 0.15) is 5.75 Å². The van der Waals surface area contributed by atoms with Crippen molar-refractivity contribution in [2.75, 3.05) is 12.3 Å². The van der Waals surface area contributed by atoms with Gasteiger partial charge in [-0.05, 0) is 54.5 Å². The molecule has 142 valence electrons. The van der Waals surface area contributed by atoms with E-state index >= 15 is 0 Å². The lowest BCUT2D eigenvalue weighted by Gasteiger charge is -2.18. The van der Waals surface area contributed by atoms with Gasteiger partial charge in [-0.25, -0.2) is 4.98 Å². The highest BCUT2D eigenvalue weighted by molar-refractivity contribution is 7.19. The maximum absolute atomic E-state index is 6.10. The molecule has 2 aromatic carbocycles. The van der Waals surface area contributed by atoms with Gasteiger partial charge in [0, 0.05) is 5.56 Å². The van der Waals surface area contributed by atoms with Crippen molar-refractivity contribution in [3.63, 3.8) is 0 Å². The van der Waals surface area contributed by atoms with Crippen LogP contribution in [0.2, 0.25) is 0 Å². The number of nitrogens with zero attached hydrogens (tertiary/aromatic N) is 1. The first-order chi connectivity index (χ1) is 12.7. The molecule has 0 saturated heterocycles. The van der Waals surface area contributed by atoms with Crippen LogP contribution in [0.4, 0.5) is 5.13 Å². The Balaban J connectivity index is 1.95. The largest absolute Gasteiger partial charge is 0.494 e. The molecule has 0 atom stereocenters. The number of hydrogen-bond acceptors (Lipinski definition) is 4. The number of hydrogen-bond donors (Lipinski definition) is 1. The average molecular weight is 381 g/mol. The lowest BCUT2D eigenvalue weighted by molar-refractivity contribution is 0.243. The van der Waals surface area contributed by atoms with Crippen molar-refractivity contribution in [3.05, 3.63) is 53.6 Å². The molecular formula is C23H28N2OS. The Morgan fingerprint density at radius 2 is 1.70 bits per heavy atom. The van der Waals surface area contributed by atoms with Crippen molar-refractivity contribution in [1.29, 1.82) is 0 Å². The van der Waals surface area contributed by atoms with E-state index in [-0.39, 0.29) is 5.41 Å². The van der Waals surface area contributed by atoms with E-state index in [0.29, 0.717) is 11.7 Å². The minimum atomic E-state index is 0.263. The second kappa shape index (κ2) is 7.73. The molecule has 27 heavy (non-hydrogen) atoms. The van der Waals surface area contributed by atoms with Crippen LogP contribution in [0.15, 0.2) is 42.5 Å². The topological polar surface area (TPSA) is 48.1 Å².